The topological polar surface area (TPSA) is 114 Å². The molecule has 0 spiro atoms. The Morgan fingerprint density at radius 3 is 2.48 bits per heavy atom. The second-order valence-electron chi connectivity index (χ2n) is 7.36. The van der Waals surface area contributed by atoms with Crippen LogP contribution in [0.2, 0.25) is 0 Å². The van der Waals surface area contributed by atoms with Gasteiger partial charge in [0.25, 0.3) is 5.69 Å². The molecule has 9 heteroatoms. The average molecular weight is 426 g/mol. The third-order valence-corrected chi connectivity index (χ3v) is 5.04. The lowest BCUT2D eigenvalue weighted by Crippen LogP contribution is -2.36. The lowest BCUT2D eigenvalue weighted by molar-refractivity contribution is -0.384. The van der Waals surface area contributed by atoms with Gasteiger partial charge in [-0.05, 0) is 49.1 Å². The van der Waals surface area contributed by atoms with E-state index in [1.807, 2.05) is 0 Å². The SMILES string of the molecule is Cc1ccc(NC(=O)C(=O)NCCCc2ccc(N3CCOCC3)cc2)c([N+](=O)[O-])c1. The quantitative estimate of drug-likeness (QED) is 0.304. The molecule has 31 heavy (non-hydrogen) atoms. The monoisotopic (exact) mass is 426 g/mol. The number of amides is 2. The van der Waals surface area contributed by atoms with E-state index in [-0.39, 0.29) is 11.4 Å². The summed E-state index contributed by atoms with van der Waals surface area (Å²) in [4.78, 5) is 36.9. The number of carbonyl (C=O) groups excluding carboxylic acids is 2. The van der Waals surface area contributed by atoms with E-state index in [1.54, 1.807) is 13.0 Å². The van der Waals surface area contributed by atoms with E-state index in [0.717, 1.165) is 38.3 Å². The van der Waals surface area contributed by atoms with Crippen molar-refractivity contribution in [3.8, 4) is 0 Å². The van der Waals surface area contributed by atoms with E-state index < -0.39 is 16.7 Å². The predicted octanol–water partition coefficient (Wildman–Crippen LogP) is 2.43. The number of morpholine rings is 1. The van der Waals surface area contributed by atoms with Crippen LogP contribution in [0.5, 0.6) is 0 Å². The van der Waals surface area contributed by atoms with Crippen molar-refractivity contribution in [3.63, 3.8) is 0 Å². The molecule has 2 amide bonds. The van der Waals surface area contributed by atoms with Crippen LogP contribution < -0.4 is 15.5 Å². The first-order valence-electron chi connectivity index (χ1n) is 10.2. The van der Waals surface area contributed by atoms with Gasteiger partial charge in [0.1, 0.15) is 5.69 Å². The number of aryl methyl sites for hydroxylation is 2. The fourth-order valence-corrected chi connectivity index (χ4v) is 3.35. The molecule has 164 valence electrons. The van der Waals surface area contributed by atoms with Crippen molar-refractivity contribution in [2.75, 3.05) is 43.1 Å². The molecular formula is C22H26N4O5. The zero-order valence-corrected chi connectivity index (χ0v) is 17.4. The zero-order valence-electron chi connectivity index (χ0n) is 17.4. The Bertz CT molecular complexity index is 939. The third kappa shape index (κ3) is 6.26. The molecule has 2 aromatic rings. The highest BCUT2D eigenvalue weighted by Gasteiger charge is 2.20. The Morgan fingerprint density at radius 2 is 1.81 bits per heavy atom. The number of nitrogens with one attached hydrogen (secondary N) is 2. The van der Waals surface area contributed by atoms with Crippen molar-refractivity contribution in [2.24, 2.45) is 0 Å². The highest BCUT2D eigenvalue weighted by atomic mass is 16.6. The van der Waals surface area contributed by atoms with Crippen LogP contribution in [0, 0.1) is 17.0 Å². The van der Waals surface area contributed by atoms with E-state index in [4.69, 9.17) is 4.74 Å². The maximum atomic E-state index is 12.1. The second-order valence-corrected chi connectivity index (χ2v) is 7.36. The van der Waals surface area contributed by atoms with Crippen LogP contribution in [0.1, 0.15) is 17.5 Å². The number of benzene rings is 2. The normalized spacial score (nSPS) is 13.5. The predicted molar refractivity (Wildman–Crippen MR) is 117 cm³/mol. The molecule has 0 atom stereocenters. The van der Waals surface area contributed by atoms with Crippen molar-refractivity contribution < 1.29 is 19.2 Å². The number of anilines is 2. The molecule has 3 rings (SSSR count). The van der Waals surface area contributed by atoms with Crippen LogP contribution in [-0.4, -0.2) is 49.6 Å². The Morgan fingerprint density at radius 1 is 1.10 bits per heavy atom. The first-order valence-corrected chi connectivity index (χ1v) is 10.2. The number of nitro benzene ring substituents is 1. The molecule has 2 N–H and O–H groups in total. The van der Waals surface area contributed by atoms with Gasteiger partial charge in [-0.1, -0.05) is 18.2 Å². The van der Waals surface area contributed by atoms with Crippen molar-refractivity contribution >= 4 is 28.9 Å². The molecule has 0 bridgehead atoms. The molecular weight excluding hydrogens is 400 g/mol. The van der Waals surface area contributed by atoms with Gasteiger partial charge in [-0.2, -0.15) is 0 Å². The number of hydrogen-bond donors (Lipinski definition) is 2. The van der Waals surface area contributed by atoms with Crippen molar-refractivity contribution in [1.82, 2.24) is 5.32 Å². The minimum Gasteiger partial charge on any atom is -0.378 e. The minimum absolute atomic E-state index is 0.00360. The number of hydrogen-bond acceptors (Lipinski definition) is 6. The summed E-state index contributed by atoms with van der Waals surface area (Å²) in [6.45, 7) is 5.30. The van der Waals surface area contributed by atoms with Crippen LogP contribution in [0.15, 0.2) is 42.5 Å². The van der Waals surface area contributed by atoms with Gasteiger partial charge in [0.15, 0.2) is 0 Å². The van der Waals surface area contributed by atoms with Gasteiger partial charge < -0.3 is 20.3 Å². The standard InChI is InChI=1S/C22H26N4O5/c1-16-4-9-19(20(15-16)26(29)30)24-22(28)21(27)23-10-2-3-17-5-7-18(8-6-17)25-11-13-31-14-12-25/h4-9,15H,2-3,10-14H2,1H3,(H,23,27)(H,24,28). The van der Waals surface area contributed by atoms with Crippen molar-refractivity contribution in [2.45, 2.75) is 19.8 Å². The fraction of sp³-hybridized carbons (Fsp3) is 0.364. The summed E-state index contributed by atoms with van der Waals surface area (Å²) in [6.07, 6.45) is 1.43. The van der Waals surface area contributed by atoms with E-state index in [2.05, 4.69) is 39.8 Å². The van der Waals surface area contributed by atoms with Crippen LogP contribution in [0.25, 0.3) is 0 Å². The van der Waals surface area contributed by atoms with Gasteiger partial charge in [0, 0.05) is 31.4 Å². The highest BCUT2D eigenvalue weighted by Crippen LogP contribution is 2.25. The van der Waals surface area contributed by atoms with Crippen molar-refractivity contribution in [3.05, 3.63) is 63.7 Å². The highest BCUT2D eigenvalue weighted by molar-refractivity contribution is 6.39. The molecule has 1 saturated heterocycles. The Balaban J connectivity index is 1.43. The van der Waals surface area contributed by atoms with Crippen LogP contribution in [-0.2, 0) is 20.7 Å². The van der Waals surface area contributed by atoms with Gasteiger partial charge >= 0.3 is 11.8 Å². The third-order valence-electron chi connectivity index (χ3n) is 5.04. The summed E-state index contributed by atoms with van der Waals surface area (Å²) in [5.41, 5.74) is 2.75. The molecule has 1 aliphatic heterocycles. The first-order chi connectivity index (χ1) is 14.9. The average Bonchev–Trinajstić information content (AvgIpc) is 2.78. The largest absolute Gasteiger partial charge is 0.378 e. The van der Waals surface area contributed by atoms with Crippen LogP contribution >= 0.6 is 0 Å². The number of nitro groups is 1. The number of ether oxygens (including phenoxy) is 1. The van der Waals surface area contributed by atoms with Gasteiger partial charge in [-0.15, -0.1) is 0 Å². The smallest absolute Gasteiger partial charge is 0.313 e. The van der Waals surface area contributed by atoms with Gasteiger partial charge in [-0.3, -0.25) is 19.7 Å². The maximum absolute atomic E-state index is 12.1. The van der Waals surface area contributed by atoms with Crippen molar-refractivity contribution in [1.29, 1.82) is 0 Å². The molecule has 1 fully saturated rings. The Hall–Kier alpha value is -3.46. The summed E-state index contributed by atoms with van der Waals surface area (Å²) in [7, 11) is 0. The van der Waals surface area contributed by atoms with E-state index >= 15 is 0 Å². The summed E-state index contributed by atoms with van der Waals surface area (Å²) in [6, 6.07) is 12.7. The lowest BCUT2D eigenvalue weighted by Gasteiger charge is -2.28. The lowest BCUT2D eigenvalue weighted by atomic mass is 10.1. The molecule has 0 radical (unpaired) electrons. The number of nitrogens with zero attached hydrogens (tertiary/aromatic N) is 2. The molecule has 1 aliphatic rings. The molecule has 2 aromatic carbocycles. The number of rotatable bonds is 7. The molecule has 0 aromatic heterocycles. The minimum atomic E-state index is -0.929. The van der Waals surface area contributed by atoms with Gasteiger partial charge in [-0.25, -0.2) is 0 Å². The summed E-state index contributed by atoms with van der Waals surface area (Å²) in [5, 5.41) is 16.0. The molecule has 0 saturated carbocycles. The maximum Gasteiger partial charge on any atom is 0.313 e. The summed E-state index contributed by atoms with van der Waals surface area (Å²) in [5.74, 6) is -1.75. The van der Waals surface area contributed by atoms with Gasteiger partial charge in [0.2, 0.25) is 0 Å². The van der Waals surface area contributed by atoms with E-state index in [1.165, 1.54) is 17.8 Å². The molecule has 0 aliphatic carbocycles. The first kappa shape index (κ1) is 22.2. The number of carbonyl (C=O) groups is 2. The van der Waals surface area contributed by atoms with Crippen LogP contribution in [0.3, 0.4) is 0 Å². The fourth-order valence-electron chi connectivity index (χ4n) is 3.35. The summed E-state index contributed by atoms with van der Waals surface area (Å²) < 4.78 is 5.37. The molecule has 9 nitrogen and oxygen atoms in total. The van der Waals surface area contributed by atoms with E-state index in [0.29, 0.717) is 18.5 Å². The molecule has 1 heterocycles. The van der Waals surface area contributed by atoms with Gasteiger partial charge in [0.05, 0.1) is 18.1 Å². The van der Waals surface area contributed by atoms with Crippen LogP contribution in [0.4, 0.5) is 17.1 Å². The zero-order chi connectivity index (χ0) is 22.2. The second kappa shape index (κ2) is 10.5. The Kier molecular flexibility index (Phi) is 7.55. The molecule has 0 unspecified atom stereocenters. The summed E-state index contributed by atoms with van der Waals surface area (Å²) >= 11 is 0. The van der Waals surface area contributed by atoms with E-state index in [9.17, 15) is 19.7 Å². The Labute approximate surface area is 180 Å².